The van der Waals surface area contributed by atoms with Gasteiger partial charge in [0.05, 0.1) is 25.2 Å². The van der Waals surface area contributed by atoms with Crippen LogP contribution in [-0.4, -0.2) is 125 Å². The number of para-hydroxylation sites is 1. The second kappa shape index (κ2) is 18.5. The number of fused-ring (bicyclic) bond motifs is 3. The maximum absolute atomic E-state index is 13.9. The highest BCUT2D eigenvalue weighted by Gasteiger charge is 2.32. The third-order valence-electron chi connectivity index (χ3n) is 9.39. The zero-order valence-electron chi connectivity index (χ0n) is 30.8. The molecule has 0 spiro atoms. The Kier molecular flexibility index (Phi) is 14.4. The number of nitrogens with one attached hydrogen (secondary N) is 5. The van der Waals surface area contributed by atoms with Crippen LogP contribution in [-0.2, 0) is 30.4 Å². The van der Waals surface area contributed by atoms with Gasteiger partial charge in [0.1, 0.15) is 22.8 Å². The first-order valence-corrected chi connectivity index (χ1v) is 18.6. The number of carbonyl (C=O) groups excluding carboxylic acids is 6. The molecule has 2 bridgehead atoms. The SMILES string of the molecule is CC(C)C[C@@H]1NC(=O)CN(C(=O)[C@H]2CCCN2)CCN(C)C(=O)[C@H](C)NC(=O)CN(C)C(=O)[C@@H](Cc2c[nH]c3ccccc23)NC(=O)c2csc1n2.Cl. The van der Waals surface area contributed by atoms with Crippen LogP contribution in [0.3, 0.4) is 0 Å². The van der Waals surface area contributed by atoms with Crippen LogP contribution in [0.2, 0.25) is 0 Å². The van der Waals surface area contributed by atoms with Crippen molar-refractivity contribution in [3.05, 3.63) is 52.1 Å². The third-order valence-corrected chi connectivity index (χ3v) is 10.3. The molecule has 0 unspecified atom stereocenters. The number of benzene rings is 1. The molecule has 5 N–H and O–H groups in total. The van der Waals surface area contributed by atoms with Crippen molar-refractivity contribution < 1.29 is 28.8 Å². The Hall–Kier alpha value is -4.54. The summed E-state index contributed by atoms with van der Waals surface area (Å²) in [6, 6.07) is 4.67. The van der Waals surface area contributed by atoms with Gasteiger partial charge < -0.3 is 41.0 Å². The summed E-state index contributed by atoms with van der Waals surface area (Å²) in [7, 11) is 3.04. The van der Waals surface area contributed by atoms with Gasteiger partial charge in [-0.15, -0.1) is 23.7 Å². The van der Waals surface area contributed by atoms with Gasteiger partial charge in [-0.3, -0.25) is 28.8 Å². The first-order chi connectivity index (χ1) is 24.8. The number of hydrogen-bond donors (Lipinski definition) is 5. The minimum absolute atomic E-state index is 0. The van der Waals surface area contributed by atoms with Gasteiger partial charge in [-0.2, -0.15) is 0 Å². The maximum atomic E-state index is 13.9. The van der Waals surface area contributed by atoms with Crippen LogP contribution in [0.1, 0.15) is 67.1 Å². The highest BCUT2D eigenvalue weighted by Crippen LogP contribution is 2.25. The van der Waals surface area contributed by atoms with Crippen molar-refractivity contribution in [3.63, 3.8) is 0 Å². The topological polar surface area (TPSA) is 189 Å². The summed E-state index contributed by atoms with van der Waals surface area (Å²) in [5.41, 5.74) is 1.76. The molecule has 1 aromatic carbocycles. The molecule has 2 aliphatic rings. The molecule has 1 saturated heterocycles. The van der Waals surface area contributed by atoms with E-state index in [2.05, 4.69) is 31.2 Å². The average Bonchev–Trinajstić information content (AvgIpc) is 3.90. The van der Waals surface area contributed by atoms with E-state index >= 15 is 0 Å². The van der Waals surface area contributed by atoms with Crippen molar-refractivity contribution in [2.75, 3.05) is 46.8 Å². The lowest BCUT2D eigenvalue weighted by Crippen LogP contribution is -2.53. The van der Waals surface area contributed by atoms with E-state index in [9.17, 15) is 28.8 Å². The number of hydrogen-bond acceptors (Lipinski definition) is 9. The van der Waals surface area contributed by atoms with Gasteiger partial charge in [0, 0.05) is 56.1 Å². The lowest BCUT2D eigenvalue weighted by atomic mass is 10.0. The molecule has 4 heterocycles. The van der Waals surface area contributed by atoms with Crippen molar-refractivity contribution in [1.82, 2.24) is 45.9 Å². The number of rotatable bonds is 5. The summed E-state index contributed by atoms with van der Waals surface area (Å²) in [4.78, 5) is 93.1. The van der Waals surface area contributed by atoms with E-state index in [1.165, 1.54) is 33.1 Å². The average molecular weight is 772 g/mol. The molecular weight excluding hydrogens is 722 g/mol. The summed E-state index contributed by atoms with van der Waals surface area (Å²) < 4.78 is 0. The molecule has 1 fully saturated rings. The zero-order valence-corrected chi connectivity index (χ0v) is 32.4. The van der Waals surface area contributed by atoms with Gasteiger partial charge in [-0.05, 0) is 50.3 Å². The highest BCUT2D eigenvalue weighted by atomic mass is 35.5. The number of H-pyrrole nitrogens is 1. The summed E-state index contributed by atoms with van der Waals surface area (Å²) in [5.74, 6) is -2.50. The minimum Gasteiger partial charge on any atom is -0.361 e. The van der Waals surface area contributed by atoms with E-state index in [0.29, 0.717) is 24.4 Å². The molecule has 3 aromatic rings. The molecule has 2 aromatic heterocycles. The molecule has 0 radical (unpaired) electrons. The van der Waals surface area contributed by atoms with Crippen LogP contribution >= 0.6 is 23.7 Å². The van der Waals surface area contributed by atoms with Crippen molar-refractivity contribution in [3.8, 4) is 0 Å². The Bertz CT molecular complexity index is 1790. The molecule has 0 aliphatic carbocycles. The quantitative estimate of drug-likeness (QED) is 0.259. The van der Waals surface area contributed by atoms with Gasteiger partial charge in [0.25, 0.3) is 5.91 Å². The Morgan fingerprint density at radius 3 is 2.40 bits per heavy atom. The van der Waals surface area contributed by atoms with Crippen LogP contribution in [0.25, 0.3) is 10.9 Å². The highest BCUT2D eigenvalue weighted by molar-refractivity contribution is 7.09. The van der Waals surface area contributed by atoms with Crippen LogP contribution in [0, 0.1) is 5.92 Å². The van der Waals surface area contributed by atoms with Crippen molar-refractivity contribution >= 4 is 70.1 Å². The smallest absolute Gasteiger partial charge is 0.271 e. The van der Waals surface area contributed by atoms with Crippen molar-refractivity contribution in [1.29, 1.82) is 0 Å². The maximum Gasteiger partial charge on any atom is 0.271 e. The summed E-state index contributed by atoms with van der Waals surface area (Å²) in [6.07, 6.45) is 3.94. The fourth-order valence-corrected chi connectivity index (χ4v) is 7.48. The van der Waals surface area contributed by atoms with Crippen LogP contribution in [0.5, 0.6) is 0 Å². The molecule has 288 valence electrons. The Labute approximate surface area is 319 Å². The van der Waals surface area contributed by atoms with Gasteiger partial charge in [-0.1, -0.05) is 32.0 Å². The predicted octanol–water partition coefficient (Wildman–Crippen LogP) is 1.61. The molecule has 5 rings (SSSR count). The van der Waals surface area contributed by atoms with Gasteiger partial charge in [-0.25, -0.2) is 4.98 Å². The minimum atomic E-state index is -1.06. The summed E-state index contributed by atoms with van der Waals surface area (Å²) >= 11 is 1.22. The summed E-state index contributed by atoms with van der Waals surface area (Å²) in [5, 5.41) is 14.7. The fourth-order valence-electron chi connectivity index (χ4n) is 6.61. The van der Waals surface area contributed by atoms with Crippen LogP contribution < -0.4 is 21.3 Å². The number of halogens is 1. The zero-order chi connectivity index (χ0) is 37.5. The molecule has 6 amide bonds. The van der Waals surface area contributed by atoms with Crippen LogP contribution in [0.15, 0.2) is 35.8 Å². The molecule has 15 nitrogen and oxygen atoms in total. The second-order valence-corrected chi connectivity index (χ2v) is 15.0. The predicted molar refractivity (Wildman–Crippen MR) is 203 cm³/mol. The Morgan fingerprint density at radius 1 is 0.943 bits per heavy atom. The Morgan fingerprint density at radius 2 is 1.68 bits per heavy atom. The number of likely N-dealkylation sites (N-methyl/N-ethyl adjacent to an activating group) is 2. The molecule has 0 saturated carbocycles. The van der Waals surface area contributed by atoms with E-state index in [1.807, 2.05) is 38.1 Å². The third kappa shape index (κ3) is 10.5. The first kappa shape index (κ1) is 41.2. The van der Waals surface area contributed by atoms with E-state index < -0.39 is 53.7 Å². The lowest BCUT2D eigenvalue weighted by molar-refractivity contribution is -0.140. The van der Waals surface area contributed by atoms with Gasteiger partial charge in [0.2, 0.25) is 29.5 Å². The molecule has 2 aliphatic heterocycles. The van der Waals surface area contributed by atoms with Crippen LogP contribution in [0.4, 0.5) is 0 Å². The van der Waals surface area contributed by atoms with E-state index in [0.717, 1.165) is 22.9 Å². The fraction of sp³-hybridized carbons (Fsp3) is 0.528. The van der Waals surface area contributed by atoms with Gasteiger partial charge in [0.15, 0.2) is 0 Å². The van der Waals surface area contributed by atoms with Gasteiger partial charge >= 0.3 is 0 Å². The van der Waals surface area contributed by atoms with E-state index in [1.54, 1.807) is 25.5 Å². The number of amides is 6. The van der Waals surface area contributed by atoms with E-state index in [-0.39, 0.29) is 62.5 Å². The number of thiazole rings is 1. The second-order valence-electron chi connectivity index (χ2n) is 14.1. The van der Waals surface area contributed by atoms with Crippen molar-refractivity contribution in [2.45, 2.75) is 70.6 Å². The molecule has 4 atom stereocenters. The Balaban J connectivity index is 0.00000627. The summed E-state index contributed by atoms with van der Waals surface area (Å²) in [6.45, 7) is 5.90. The van der Waals surface area contributed by atoms with E-state index in [4.69, 9.17) is 0 Å². The first-order valence-electron chi connectivity index (χ1n) is 17.7. The normalized spacial score (nSPS) is 23.0. The standard InChI is InChI=1S/C36H49N9O6S.ClH/c1-21(2)15-27-33-42-29(20-52-33)32(48)41-28(16-23-17-38-25-10-7-6-9-24(23)25)35(50)44(5)18-30(46)39-22(3)34(49)43(4)13-14-45(19-31(47)40-27)36(51)26-11-8-12-37-26;/h6-7,9-10,17,20-22,26-28,37-38H,8,11-16,18-19H2,1-5H3,(H,39,46)(H,40,47)(H,41,48);1H/t22-,26+,27-,28+;/m0./s1. The number of aromatic nitrogens is 2. The largest absolute Gasteiger partial charge is 0.361 e. The lowest BCUT2D eigenvalue weighted by Gasteiger charge is -2.29. The number of nitrogens with zero attached hydrogens (tertiary/aromatic N) is 4. The molecule has 17 heteroatoms. The number of carbonyl (C=O) groups is 6. The molecule has 53 heavy (non-hydrogen) atoms. The monoisotopic (exact) mass is 771 g/mol. The van der Waals surface area contributed by atoms with Crippen molar-refractivity contribution in [2.24, 2.45) is 5.92 Å². The molecular formula is C36H50ClN9O6S. The number of aromatic amines is 1.